The van der Waals surface area contributed by atoms with E-state index in [4.69, 9.17) is 5.73 Å². The fraction of sp³-hybridized carbons (Fsp3) is 0.273. The van der Waals surface area contributed by atoms with Gasteiger partial charge in [-0.15, -0.1) is 0 Å². The van der Waals surface area contributed by atoms with Crippen molar-refractivity contribution >= 4 is 10.0 Å². The third kappa shape index (κ3) is 3.38. The van der Waals surface area contributed by atoms with Gasteiger partial charge in [0.25, 0.3) is 0 Å². The van der Waals surface area contributed by atoms with Crippen LogP contribution in [-0.4, -0.2) is 30.1 Å². The quantitative estimate of drug-likeness (QED) is 0.690. The molecule has 0 aliphatic carbocycles. The van der Waals surface area contributed by atoms with Crippen LogP contribution in [0.15, 0.2) is 29.4 Å². The third-order valence-corrected chi connectivity index (χ3v) is 4.12. The van der Waals surface area contributed by atoms with Gasteiger partial charge in [0.2, 0.25) is 10.0 Å². The summed E-state index contributed by atoms with van der Waals surface area (Å²) < 4.78 is 39.7. The van der Waals surface area contributed by atoms with E-state index in [-0.39, 0.29) is 23.5 Å². The number of nitrogens with two attached hydrogens (primary N) is 1. The van der Waals surface area contributed by atoms with Crippen molar-refractivity contribution < 1.29 is 12.8 Å². The summed E-state index contributed by atoms with van der Waals surface area (Å²) >= 11 is 0. The lowest BCUT2D eigenvalue weighted by atomic mass is 10.2. The summed E-state index contributed by atoms with van der Waals surface area (Å²) in [6.45, 7) is 0.0973. The minimum Gasteiger partial charge on any atom is -0.326 e. The van der Waals surface area contributed by atoms with Crippen molar-refractivity contribution in [3.8, 4) is 0 Å². The Balaban J connectivity index is 2.06. The number of hydrogen-bond donors (Lipinski definition) is 3. The first-order valence-electron chi connectivity index (χ1n) is 5.85. The topological polar surface area (TPSA) is 114 Å². The number of aromatic amines is 1. The molecule has 9 heteroatoms. The summed E-state index contributed by atoms with van der Waals surface area (Å²) in [5.74, 6) is 0.0579. The lowest BCUT2D eigenvalue weighted by molar-refractivity contribution is 0.578. The van der Waals surface area contributed by atoms with Crippen molar-refractivity contribution in [1.82, 2.24) is 19.9 Å². The maximum atomic E-state index is 13.3. The summed E-state index contributed by atoms with van der Waals surface area (Å²) in [6.07, 6.45) is 1.72. The predicted octanol–water partition coefficient (Wildman–Crippen LogP) is -0.0765. The smallest absolute Gasteiger partial charge is 0.240 e. The number of halogens is 1. The molecule has 0 aliphatic heterocycles. The highest BCUT2D eigenvalue weighted by Gasteiger charge is 2.15. The van der Waals surface area contributed by atoms with Crippen LogP contribution in [0.3, 0.4) is 0 Å². The fourth-order valence-corrected chi connectivity index (χ4v) is 2.70. The van der Waals surface area contributed by atoms with Gasteiger partial charge in [-0.25, -0.2) is 22.5 Å². The first-order valence-corrected chi connectivity index (χ1v) is 7.33. The standard InChI is InChI=1S/C11H14FN5O2S/c12-10-2-1-9(5-8(10)6-13)20(18,19)16-4-3-11-14-7-15-17-11/h1-2,5,7,16H,3-4,6,13H2,(H,14,15,17). The zero-order chi connectivity index (χ0) is 14.6. The number of sulfonamides is 1. The predicted molar refractivity (Wildman–Crippen MR) is 69.6 cm³/mol. The van der Waals surface area contributed by atoms with Gasteiger partial charge in [-0.05, 0) is 18.2 Å². The van der Waals surface area contributed by atoms with Crippen LogP contribution in [0.4, 0.5) is 4.39 Å². The van der Waals surface area contributed by atoms with Crippen LogP contribution in [0.5, 0.6) is 0 Å². The number of nitrogens with one attached hydrogen (secondary N) is 2. The average Bonchev–Trinajstić information content (AvgIpc) is 2.92. The summed E-state index contributed by atoms with van der Waals surface area (Å²) in [5, 5.41) is 6.29. The second-order valence-electron chi connectivity index (χ2n) is 4.04. The van der Waals surface area contributed by atoms with E-state index in [1.54, 1.807) is 0 Å². The molecule has 0 amide bonds. The van der Waals surface area contributed by atoms with E-state index in [2.05, 4.69) is 19.9 Å². The molecule has 0 radical (unpaired) electrons. The van der Waals surface area contributed by atoms with Gasteiger partial charge in [-0.3, -0.25) is 5.10 Å². The highest BCUT2D eigenvalue weighted by molar-refractivity contribution is 7.89. The first kappa shape index (κ1) is 14.6. The zero-order valence-corrected chi connectivity index (χ0v) is 11.3. The maximum Gasteiger partial charge on any atom is 0.240 e. The molecule has 108 valence electrons. The molecule has 1 aromatic carbocycles. The summed E-state index contributed by atoms with van der Waals surface area (Å²) in [7, 11) is -3.70. The Hall–Kier alpha value is -1.84. The van der Waals surface area contributed by atoms with Crippen molar-refractivity contribution in [3.05, 3.63) is 41.7 Å². The Morgan fingerprint density at radius 1 is 1.40 bits per heavy atom. The Bertz CT molecular complexity index is 672. The van der Waals surface area contributed by atoms with E-state index in [1.165, 1.54) is 18.5 Å². The van der Waals surface area contributed by atoms with Gasteiger partial charge >= 0.3 is 0 Å². The molecule has 0 saturated heterocycles. The number of benzene rings is 1. The monoisotopic (exact) mass is 299 g/mol. The first-order chi connectivity index (χ1) is 9.53. The van der Waals surface area contributed by atoms with Crippen molar-refractivity contribution in [2.75, 3.05) is 6.54 Å². The number of aromatic nitrogens is 3. The fourth-order valence-electron chi connectivity index (χ4n) is 1.61. The number of nitrogens with zero attached hydrogens (tertiary/aromatic N) is 2. The molecule has 0 bridgehead atoms. The lowest BCUT2D eigenvalue weighted by Crippen LogP contribution is -2.26. The largest absolute Gasteiger partial charge is 0.326 e. The average molecular weight is 299 g/mol. The minimum atomic E-state index is -3.70. The Kier molecular flexibility index (Phi) is 4.42. The van der Waals surface area contributed by atoms with Crippen LogP contribution in [0.1, 0.15) is 11.4 Å². The molecule has 2 aromatic rings. The molecule has 20 heavy (non-hydrogen) atoms. The zero-order valence-electron chi connectivity index (χ0n) is 10.5. The van der Waals surface area contributed by atoms with Gasteiger partial charge in [-0.1, -0.05) is 0 Å². The van der Waals surface area contributed by atoms with Crippen LogP contribution in [0.2, 0.25) is 0 Å². The molecule has 0 atom stereocenters. The van der Waals surface area contributed by atoms with Crippen LogP contribution in [0.25, 0.3) is 0 Å². The third-order valence-electron chi connectivity index (χ3n) is 2.67. The van der Waals surface area contributed by atoms with Crippen molar-refractivity contribution in [1.29, 1.82) is 0 Å². The van der Waals surface area contributed by atoms with Crippen molar-refractivity contribution in [2.24, 2.45) is 5.73 Å². The van der Waals surface area contributed by atoms with E-state index >= 15 is 0 Å². The van der Waals surface area contributed by atoms with Gasteiger partial charge in [0.1, 0.15) is 18.0 Å². The molecule has 7 nitrogen and oxygen atoms in total. The molecule has 0 spiro atoms. The number of rotatable bonds is 6. The number of H-pyrrole nitrogens is 1. The Labute approximate surface area is 115 Å². The van der Waals surface area contributed by atoms with Crippen LogP contribution in [0, 0.1) is 5.82 Å². The molecule has 1 heterocycles. The van der Waals surface area contributed by atoms with Crippen molar-refractivity contribution in [2.45, 2.75) is 17.9 Å². The van der Waals surface area contributed by atoms with E-state index < -0.39 is 15.8 Å². The van der Waals surface area contributed by atoms with Crippen molar-refractivity contribution in [3.63, 3.8) is 0 Å². The normalized spacial score (nSPS) is 11.7. The molecular formula is C11H14FN5O2S. The minimum absolute atomic E-state index is 0.0167. The lowest BCUT2D eigenvalue weighted by Gasteiger charge is -2.08. The van der Waals surface area contributed by atoms with Gasteiger partial charge < -0.3 is 5.73 Å². The molecule has 0 fully saturated rings. The molecule has 0 unspecified atom stereocenters. The van der Waals surface area contributed by atoms with Gasteiger partial charge in [0, 0.05) is 25.1 Å². The molecule has 0 saturated carbocycles. The summed E-state index contributed by atoms with van der Waals surface area (Å²) in [6, 6.07) is 3.52. The van der Waals surface area contributed by atoms with Crippen LogP contribution < -0.4 is 10.5 Å². The maximum absolute atomic E-state index is 13.3. The molecule has 2 rings (SSSR count). The second kappa shape index (κ2) is 6.07. The van der Waals surface area contributed by atoms with Crippen LogP contribution >= 0.6 is 0 Å². The molecule has 4 N–H and O–H groups in total. The van der Waals surface area contributed by atoms with Crippen LogP contribution in [-0.2, 0) is 23.0 Å². The second-order valence-corrected chi connectivity index (χ2v) is 5.80. The van der Waals surface area contributed by atoms with E-state index in [0.717, 1.165) is 6.07 Å². The SMILES string of the molecule is NCc1cc(S(=O)(=O)NCCc2ncn[nH]2)ccc1F. The molecule has 0 aliphatic rings. The highest BCUT2D eigenvalue weighted by atomic mass is 32.2. The van der Waals surface area contributed by atoms with Gasteiger partial charge in [0.05, 0.1) is 4.90 Å². The highest BCUT2D eigenvalue weighted by Crippen LogP contribution is 2.14. The van der Waals surface area contributed by atoms with Gasteiger partial charge in [0.15, 0.2) is 0 Å². The summed E-state index contributed by atoms with van der Waals surface area (Å²) in [5.41, 5.74) is 5.51. The Morgan fingerprint density at radius 3 is 2.85 bits per heavy atom. The Morgan fingerprint density at radius 2 is 2.20 bits per heavy atom. The molecule has 1 aromatic heterocycles. The number of hydrogen-bond acceptors (Lipinski definition) is 5. The molecular weight excluding hydrogens is 285 g/mol. The van der Waals surface area contributed by atoms with E-state index in [9.17, 15) is 12.8 Å². The van der Waals surface area contributed by atoms with E-state index in [1.807, 2.05) is 0 Å². The van der Waals surface area contributed by atoms with E-state index in [0.29, 0.717) is 12.2 Å². The van der Waals surface area contributed by atoms with Gasteiger partial charge in [-0.2, -0.15) is 5.10 Å². The summed E-state index contributed by atoms with van der Waals surface area (Å²) in [4.78, 5) is 3.86.